The van der Waals surface area contributed by atoms with Gasteiger partial charge in [-0.1, -0.05) is 11.6 Å². The van der Waals surface area contributed by atoms with Crippen molar-refractivity contribution < 1.29 is 9.53 Å². The molecule has 0 saturated carbocycles. The van der Waals surface area contributed by atoms with Gasteiger partial charge in [0, 0.05) is 30.2 Å². The second kappa shape index (κ2) is 9.79. The van der Waals surface area contributed by atoms with Crippen LogP contribution in [0.3, 0.4) is 0 Å². The van der Waals surface area contributed by atoms with Crippen LogP contribution in [0.25, 0.3) is 10.9 Å². The van der Waals surface area contributed by atoms with Crippen molar-refractivity contribution in [2.24, 2.45) is 0 Å². The van der Waals surface area contributed by atoms with Crippen LogP contribution < -0.4 is 20.5 Å². The SMILES string of the molecule is CC(=O)COc1cc2cc(Nc3nc(N4CCCCC4)ncc3Cl)ccc2n(C(C)C)c1=O. The quantitative estimate of drug-likeness (QED) is 0.535. The van der Waals surface area contributed by atoms with E-state index in [9.17, 15) is 9.59 Å². The van der Waals surface area contributed by atoms with E-state index in [1.807, 2.05) is 32.0 Å². The number of rotatable bonds is 7. The number of pyridine rings is 1. The van der Waals surface area contributed by atoms with Gasteiger partial charge in [-0.15, -0.1) is 0 Å². The number of carbonyl (C=O) groups excluding carboxylic acids is 1. The highest BCUT2D eigenvalue weighted by Gasteiger charge is 2.17. The van der Waals surface area contributed by atoms with Crippen LogP contribution in [0.2, 0.25) is 5.02 Å². The van der Waals surface area contributed by atoms with Crippen LogP contribution in [0.1, 0.15) is 46.1 Å². The van der Waals surface area contributed by atoms with Crippen molar-refractivity contribution in [2.45, 2.75) is 46.1 Å². The van der Waals surface area contributed by atoms with Gasteiger partial charge in [0.2, 0.25) is 5.95 Å². The lowest BCUT2D eigenvalue weighted by atomic mass is 10.1. The average molecular weight is 470 g/mol. The van der Waals surface area contributed by atoms with Gasteiger partial charge in [-0.25, -0.2) is 4.98 Å². The molecule has 2 aromatic heterocycles. The van der Waals surface area contributed by atoms with E-state index in [-0.39, 0.29) is 29.7 Å². The number of aromatic nitrogens is 3. The molecule has 9 heteroatoms. The lowest BCUT2D eigenvalue weighted by Gasteiger charge is -2.27. The maximum absolute atomic E-state index is 12.9. The normalized spacial score (nSPS) is 14.0. The number of benzene rings is 1. The largest absolute Gasteiger partial charge is 0.480 e. The zero-order valence-corrected chi connectivity index (χ0v) is 19.9. The smallest absolute Gasteiger partial charge is 0.293 e. The lowest BCUT2D eigenvalue weighted by molar-refractivity contribution is -0.118. The molecule has 4 rings (SSSR count). The first-order valence-electron chi connectivity index (χ1n) is 11.2. The molecule has 1 saturated heterocycles. The minimum atomic E-state index is -0.260. The third-order valence-corrected chi connectivity index (χ3v) is 5.86. The summed E-state index contributed by atoms with van der Waals surface area (Å²) in [6, 6.07) is 7.27. The molecule has 0 amide bonds. The van der Waals surface area contributed by atoms with Gasteiger partial charge >= 0.3 is 0 Å². The topological polar surface area (TPSA) is 89.3 Å². The fourth-order valence-corrected chi connectivity index (χ4v) is 4.16. The molecule has 0 aliphatic carbocycles. The Hall–Kier alpha value is -3.13. The Morgan fingerprint density at radius 3 is 2.67 bits per heavy atom. The molecule has 0 atom stereocenters. The van der Waals surface area contributed by atoms with E-state index in [2.05, 4.69) is 20.2 Å². The number of ketones is 1. The van der Waals surface area contributed by atoms with Gasteiger partial charge in [-0.2, -0.15) is 4.98 Å². The predicted octanol–water partition coefficient (Wildman–Crippen LogP) is 4.73. The molecule has 1 N–H and O–H groups in total. The molecule has 3 heterocycles. The number of Topliss-reactive ketones (excluding diaryl/α,β-unsaturated/α-hetero) is 1. The summed E-state index contributed by atoms with van der Waals surface area (Å²) in [5.74, 6) is 1.19. The number of fused-ring (bicyclic) bond motifs is 1. The summed E-state index contributed by atoms with van der Waals surface area (Å²) < 4.78 is 7.17. The number of carbonyl (C=O) groups is 1. The molecule has 1 fully saturated rings. The number of piperidine rings is 1. The number of halogens is 1. The van der Waals surface area contributed by atoms with Crippen LogP contribution >= 0.6 is 11.6 Å². The molecule has 174 valence electrons. The standard InChI is InChI=1S/C24H28ClN5O3/c1-15(2)30-20-8-7-18(11-17(20)12-21(23(30)32)33-14-16(3)31)27-22-19(25)13-26-24(28-22)29-9-5-4-6-10-29/h7-8,11-13,15H,4-6,9-10,14H2,1-3H3,(H,26,27,28). The fraction of sp³-hybridized carbons (Fsp3) is 0.417. The number of nitrogens with zero attached hydrogens (tertiary/aromatic N) is 4. The number of hydrogen-bond acceptors (Lipinski definition) is 7. The molecular weight excluding hydrogens is 442 g/mol. The van der Waals surface area contributed by atoms with Crippen LogP contribution in [0, 0.1) is 0 Å². The van der Waals surface area contributed by atoms with Crippen molar-refractivity contribution in [3.05, 3.63) is 45.8 Å². The van der Waals surface area contributed by atoms with Crippen LogP contribution in [0.4, 0.5) is 17.5 Å². The third-order valence-electron chi connectivity index (χ3n) is 5.58. The summed E-state index contributed by atoms with van der Waals surface area (Å²) >= 11 is 6.38. The van der Waals surface area contributed by atoms with Gasteiger partial charge in [0.15, 0.2) is 17.4 Å². The van der Waals surface area contributed by atoms with Crippen molar-refractivity contribution in [1.82, 2.24) is 14.5 Å². The maximum atomic E-state index is 12.9. The summed E-state index contributed by atoms with van der Waals surface area (Å²) in [5.41, 5.74) is 1.28. The van der Waals surface area contributed by atoms with E-state index in [4.69, 9.17) is 16.3 Å². The number of ether oxygens (including phenoxy) is 1. The van der Waals surface area contributed by atoms with Crippen LogP contribution in [0.5, 0.6) is 5.75 Å². The van der Waals surface area contributed by atoms with Crippen molar-refractivity contribution in [1.29, 1.82) is 0 Å². The lowest BCUT2D eigenvalue weighted by Crippen LogP contribution is -2.31. The van der Waals surface area contributed by atoms with E-state index in [1.165, 1.54) is 13.3 Å². The Balaban J connectivity index is 1.70. The predicted molar refractivity (Wildman–Crippen MR) is 131 cm³/mol. The summed E-state index contributed by atoms with van der Waals surface area (Å²) in [4.78, 5) is 35.5. The molecule has 1 aliphatic rings. The van der Waals surface area contributed by atoms with Crippen molar-refractivity contribution in [2.75, 3.05) is 29.9 Å². The molecule has 0 radical (unpaired) electrons. The van der Waals surface area contributed by atoms with Gasteiger partial charge in [0.25, 0.3) is 5.56 Å². The molecule has 3 aromatic rings. The van der Waals surface area contributed by atoms with E-state index >= 15 is 0 Å². The Labute approximate surface area is 197 Å². The summed E-state index contributed by atoms with van der Waals surface area (Å²) in [6.45, 7) is 7.02. The molecule has 1 aliphatic heterocycles. The second-order valence-corrected chi connectivity index (χ2v) is 8.99. The highest BCUT2D eigenvalue weighted by atomic mass is 35.5. The van der Waals surface area contributed by atoms with Gasteiger partial charge in [0.05, 0.1) is 11.7 Å². The molecule has 33 heavy (non-hydrogen) atoms. The zero-order valence-electron chi connectivity index (χ0n) is 19.1. The number of nitrogens with one attached hydrogen (secondary N) is 1. The van der Waals surface area contributed by atoms with Crippen molar-refractivity contribution >= 4 is 45.7 Å². The van der Waals surface area contributed by atoms with Gasteiger partial charge in [-0.05, 0) is 64.3 Å². The van der Waals surface area contributed by atoms with Crippen molar-refractivity contribution in [3.8, 4) is 5.75 Å². The molecule has 1 aromatic carbocycles. The Bertz CT molecular complexity index is 1230. The third kappa shape index (κ3) is 5.11. The Morgan fingerprint density at radius 1 is 1.21 bits per heavy atom. The molecular formula is C24H28ClN5O3. The van der Waals surface area contributed by atoms with E-state index in [1.54, 1.807) is 16.8 Å². The van der Waals surface area contributed by atoms with Crippen LogP contribution in [-0.2, 0) is 4.79 Å². The number of anilines is 3. The monoisotopic (exact) mass is 469 g/mol. The first-order chi connectivity index (χ1) is 15.8. The fourth-order valence-electron chi connectivity index (χ4n) is 4.02. The molecule has 0 unspecified atom stereocenters. The average Bonchev–Trinajstić information content (AvgIpc) is 2.79. The first kappa shape index (κ1) is 23.0. The van der Waals surface area contributed by atoms with E-state index in [0.717, 1.165) is 42.5 Å². The first-order valence-corrected chi connectivity index (χ1v) is 11.6. The van der Waals surface area contributed by atoms with Gasteiger partial charge < -0.3 is 19.5 Å². The number of hydrogen-bond donors (Lipinski definition) is 1. The minimum absolute atomic E-state index is 0.0805. The summed E-state index contributed by atoms with van der Waals surface area (Å²) in [7, 11) is 0. The van der Waals surface area contributed by atoms with Gasteiger partial charge in [0.1, 0.15) is 11.6 Å². The van der Waals surface area contributed by atoms with Gasteiger partial charge in [-0.3, -0.25) is 9.59 Å². The van der Waals surface area contributed by atoms with E-state index in [0.29, 0.717) is 16.8 Å². The second-order valence-electron chi connectivity index (χ2n) is 8.58. The Kier molecular flexibility index (Phi) is 6.83. The maximum Gasteiger partial charge on any atom is 0.293 e. The minimum Gasteiger partial charge on any atom is -0.480 e. The summed E-state index contributed by atoms with van der Waals surface area (Å²) in [6.07, 6.45) is 5.11. The Morgan fingerprint density at radius 2 is 1.97 bits per heavy atom. The van der Waals surface area contributed by atoms with Crippen LogP contribution in [-0.4, -0.2) is 40.0 Å². The molecule has 8 nitrogen and oxygen atoms in total. The highest BCUT2D eigenvalue weighted by Crippen LogP contribution is 2.29. The summed E-state index contributed by atoms with van der Waals surface area (Å²) in [5, 5.41) is 4.51. The molecule has 0 bridgehead atoms. The zero-order chi connectivity index (χ0) is 23.5. The highest BCUT2D eigenvalue weighted by molar-refractivity contribution is 6.32. The van der Waals surface area contributed by atoms with E-state index < -0.39 is 0 Å². The van der Waals surface area contributed by atoms with Crippen molar-refractivity contribution in [3.63, 3.8) is 0 Å². The van der Waals surface area contributed by atoms with Crippen LogP contribution in [0.15, 0.2) is 35.3 Å². The molecule has 0 spiro atoms.